The number of carboxylic acids is 1. The Kier molecular flexibility index (Phi) is 6.80. The second-order valence-electron chi connectivity index (χ2n) is 4.17. The van der Waals surface area contributed by atoms with E-state index in [1.165, 1.54) is 0 Å². The number of amides is 3. The van der Waals surface area contributed by atoms with Gasteiger partial charge in [-0.1, -0.05) is 0 Å². The second-order valence-corrected chi connectivity index (χ2v) is 4.17. The third-order valence-corrected chi connectivity index (χ3v) is 2.48. The number of aromatic nitrogens is 2. The zero-order valence-corrected chi connectivity index (χ0v) is 11.0. The molecule has 20 heavy (non-hydrogen) atoms. The monoisotopic (exact) mass is 282 g/mol. The van der Waals surface area contributed by atoms with Crippen LogP contribution < -0.4 is 10.6 Å². The molecule has 0 aromatic carbocycles. The lowest BCUT2D eigenvalue weighted by Crippen LogP contribution is -2.40. The molecular weight excluding hydrogens is 264 g/mol. The van der Waals surface area contributed by atoms with Crippen molar-refractivity contribution in [3.63, 3.8) is 0 Å². The van der Waals surface area contributed by atoms with Crippen molar-refractivity contribution in [2.24, 2.45) is 0 Å². The minimum atomic E-state index is -0.887. The van der Waals surface area contributed by atoms with E-state index in [4.69, 9.17) is 5.11 Å². The van der Waals surface area contributed by atoms with Gasteiger partial charge < -0.3 is 10.4 Å². The maximum absolute atomic E-state index is 11.4. The fourth-order valence-corrected chi connectivity index (χ4v) is 1.51. The highest BCUT2D eigenvalue weighted by molar-refractivity contribution is 5.94. The predicted molar refractivity (Wildman–Crippen MR) is 69.9 cm³/mol. The Morgan fingerprint density at radius 3 is 2.60 bits per heavy atom. The van der Waals surface area contributed by atoms with Crippen LogP contribution in [0.2, 0.25) is 0 Å². The highest BCUT2D eigenvalue weighted by atomic mass is 16.4. The molecule has 110 valence electrons. The zero-order valence-electron chi connectivity index (χ0n) is 11.0. The number of hydrogen-bond donors (Lipinski definition) is 3. The summed E-state index contributed by atoms with van der Waals surface area (Å²) >= 11 is 0. The summed E-state index contributed by atoms with van der Waals surface area (Å²) in [5, 5.41) is 17.1. The number of urea groups is 1. The van der Waals surface area contributed by atoms with Crippen LogP contribution in [0, 0.1) is 0 Å². The van der Waals surface area contributed by atoms with Crippen LogP contribution in [0.25, 0.3) is 0 Å². The minimum absolute atomic E-state index is 0.0311. The SMILES string of the molecule is O=C(O)CCCCC(=O)NC(=O)NCCn1cccn1. The van der Waals surface area contributed by atoms with Crippen molar-refractivity contribution in [1.82, 2.24) is 20.4 Å². The Labute approximate surface area is 116 Å². The lowest BCUT2D eigenvalue weighted by molar-refractivity contribution is -0.137. The summed E-state index contributed by atoms with van der Waals surface area (Å²) in [4.78, 5) is 33.0. The van der Waals surface area contributed by atoms with E-state index in [0.29, 0.717) is 25.9 Å². The number of hydrogen-bond acceptors (Lipinski definition) is 4. The van der Waals surface area contributed by atoms with Crippen molar-refractivity contribution < 1.29 is 19.5 Å². The Balaban J connectivity index is 2.05. The molecule has 0 radical (unpaired) electrons. The Hall–Kier alpha value is -2.38. The first-order valence-electron chi connectivity index (χ1n) is 6.35. The number of nitrogens with zero attached hydrogens (tertiary/aromatic N) is 2. The number of imide groups is 1. The molecule has 3 amide bonds. The maximum Gasteiger partial charge on any atom is 0.321 e. The molecule has 0 fully saturated rings. The van der Waals surface area contributed by atoms with Gasteiger partial charge in [0.2, 0.25) is 5.91 Å². The molecule has 8 nitrogen and oxygen atoms in total. The highest BCUT2D eigenvalue weighted by Gasteiger charge is 2.07. The molecule has 0 spiro atoms. The molecule has 1 rings (SSSR count). The first-order chi connectivity index (χ1) is 9.58. The van der Waals surface area contributed by atoms with Gasteiger partial charge in [-0.25, -0.2) is 4.79 Å². The van der Waals surface area contributed by atoms with Crippen molar-refractivity contribution in [3.05, 3.63) is 18.5 Å². The first kappa shape index (κ1) is 15.7. The smallest absolute Gasteiger partial charge is 0.321 e. The van der Waals surface area contributed by atoms with Crippen molar-refractivity contribution in [3.8, 4) is 0 Å². The fourth-order valence-electron chi connectivity index (χ4n) is 1.51. The van der Waals surface area contributed by atoms with Gasteiger partial charge in [0.05, 0.1) is 6.54 Å². The van der Waals surface area contributed by atoms with Crippen LogP contribution in [0.3, 0.4) is 0 Å². The van der Waals surface area contributed by atoms with Gasteiger partial charge >= 0.3 is 12.0 Å². The minimum Gasteiger partial charge on any atom is -0.481 e. The van der Waals surface area contributed by atoms with Gasteiger partial charge in [0.15, 0.2) is 0 Å². The number of rotatable bonds is 8. The van der Waals surface area contributed by atoms with Gasteiger partial charge in [0.1, 0.15) is 0 Å². The van der Waals surface area contributed by atoms with Gasteiger partial charge in [0, 0.05) is 31.8 Å². The lowest BCUT2D eigenvalue weighted by atomic mass is 10.2. The summed E-state index contributed by atoms with van der Waals surface area (Å²) < 4.78 is 1.66. The van der Waals surface area contributed by atoms with Crippen LogP contribution in [0.5, 0.6) is 0 Å². The predicted octanol–water partition coefficient (Wildman–Crippen LogP) is 0.354. The van der Waals surface area contributed by atoms with Crippen LogP contribution in [0.4, 0.5) is 4.79 Å². The van der Waals surface area contributed by atoms with Crippen LogP contribution in [0.15, 0.2) is 18.5 Å². The third-order valence-electron chi connectivity index (χ3n) is 2.48. The molecule has 1 heterocycles. The molecule has 0 unspecified atom stereocenters. The van der Waals surface area contributed by atoms with Gasteiger partial charge in [-0.05, 0) is 18.9 Å². The van der Waals surface area contributed by atoms with Crippen molar-refractivity contribution >= 4 is 17.9 Å². The van der Waals surface area contributed by atoms with Crippen molar-refractivity contribution in [1.29, 1.82) is 0 Å². The van der Waals surface area contributed by atoms with Gasteiger partial charge in [-0.3, -0.25) is 19.6 Å². The number of unbranched alkanes of at least 4 members (excludes halogenated alkanes) is 1. The molecule has 0 saturated carbocycles. The number of carbonyl (C=O) groups is 3. The fraction of sp³-hybridized carbons (Fsp3) is 0.500. The van der Waals surface area contributed by atoms with E-state index in [2.05, 4.69) is 15.7 Å². The number of aliphatic carboxylic acids is 1. The molecule has 1 aromatic heterocycles. The number of carbonyl (C=O) groups excluding carboxylic acids is 2. The summed E-state index contributed by atoms with van der Waals surface area (Å²) in [6.07, 6.45) is 4.44. The molecule has 1 aromatic rings. The lowest BCUT2D eigenvalue weighted by Gasteiger charge is -2.06. The average molecular weight is 282 g/mol. The van der Waals surface area contributed by atoms with E-state index in [9.17, 15) is 14.4 Å². The second kappa shape index (κ2) is 8.68. The molecule has 0 bridgehead atoms. The largest absolute Gasteiger partial charge is 0.481 e. The van der Waals surface area contributed by atoms with Gasteiger partial charge in [0.25, 0.3) is 0 Å². The molecule has 0 atom stereocenters. The molecular formula is C12H18N4O4. The first-order valence-corrected chi connectivity index (χ1v) is 6.35. The Bertz CT molecular complexity index is 444. The Morgan fingerprint density at radius 1 is 1.20 bits per heavy atom. The molecule has 0 saturated heterocycles. The molecule has 3 N–H and O–H groups in total. The van der Waals surface area contributed by atoms with Crippen molar-refractivity contribution in [2.45, 2.75) is 32.2 Å². The number of carboxylic acid groups (broad SMARTS) is 1. The summed E-state index contributed by atoms with van der Waals surface area (Å²) in [7, 11) is 0. The topological polar surface area (TPSA) is 113 Å². The Morgan fingerprint density at radius 2 is 1.95 bits per heavy atom. The van der Waals surface area contributed by atoms with Crippen LogP contribution in [-0.2, 0) is 16.1 Å². The van der Waals surface area contributed by atoms with E-state index in [1.54, 1.807) is 23.1 Å². The molecule has 8 heteroatoms. The van der Waals surface area contributed by atoms with Crippen LogP contribution in [0.1, 0.15) is 25.7 Å². The van der Waals surface area contributed by atoms with Crippen molar-refractivity contribution in [2.75, 3.05) is 6.54 Å². The highest BCUT2D eigenvalue weighted by Crippen LogP contribution is 1.99. The summed E-state index contributed by atoms with van der Waals surface area (Å²) in [5.74, 6) is -1.30. The van der Waals surface area contributed by atoms with E-state index in [-0.39, 0.29) is 12.8 Å². The molecule has 0 aliphatic rings. The quantitative estimate of drug-likeness (QED) is 0.595. The maximum atomic E-state index is 11.4. The summed E-state index contributed by atoms with van der Waals surface area (Å²) in [6.45, 7) is 0.882. The van der Waals surface area contributed by atoms with Crippen LogP contribution in [-0.4, -0.2) is 39.3 Å². The standard InChI is InChI=1S/C12H18N4O4/c17-10(4-1-2-5-11(18)19)15-12(20)13-7-9-16-8-3-6-14-16/h3,6,8H,1-2,4-5,7,9H2,(H,18,19)(H2,13,15,17,20). The summed E-state index contributed by atoms with van der Waals surface area (Å²) in [5.41, 5.74) is 0. The normalized spacial score (nSPS) is 10.0. The van der Waals surface area contributed by atoms with Gasteiger partial charge in [-0.15, -0.1) is 0 Å². The summed E-state index contributed by atoms with van der Waals surface area (Å²) in [6, 6.07) is 1.22. The van der Waals surface area contributed by atoms with E-state index < -0.39 is 17.9 Å². The van der Waals surface area contributed by atoms with Gasteiger partial charge in [-0.2, -0.15) is 5.10 Å². The van der Waals surface area contributed by atoms with E-state index in [0.717, 1.165) is 0 Å². The number of nitrogens with one attached hydrogen (secondary N) is 2. The molecule has 0 aliphatic carbocycles. The van der Waals surface area contributed by atoms with Crippen LogP contribution >= 0.6 is 0 Å². The van der Waals surface area contributed by atoms with E-state index >= 15 is 0 Å². The van der Waals surface area contributed by atoms with E-state index in [1.807, 2.05) is 0 Å². The average Bonchev–Trinajstić information content (AvgIpc) is 2.87. The zero-order chi connectivity index (χ0) is 14.8. The molecule has 0 aliphatic heterocycles. The third kappa shape index (κ3) is 7.14.